The molecule has 17 nitrogen and oxygen atoms in total. The topological polar surface area (TPSA) is 255 Å². The molecule has 0 aliphatic heterocycles. The van der Waals surface area contributed by atoms with Crippen LogP contribution in [0.5, 0.6) is 0 Å². The van der Waals surface area contributed by atoms with E-state index in [2.05, 4.69) is 31.4 Å². The average molecular weight is 705 g/mol. The lowest BCUT2D eigenvalue weighted by atomic mass is 10.3. The Kier molecular flexibility index (Phi) is 19.4. The van der Waals surface area contributed by atoms with Crippen molar-refractivity contribution in [2.24, 2.45) is 5.73 Å². The molecular weight excluding hydrogens is 657 g/mol. The lowest BCUT2D eigenvalue weighted by Crippen LogP contribution is -2.83. The summed E-state index contributed by atoms with van der Waals surface area (Å²) in [5, 5.41) is 13.6. The van der Waals surface area contributed by atoms with E-state index in [1.54, 1.807) is 6.26 Å². The molecule has 4 atom stereocenters. The number of nitrogens with zero attached hydrogens (tertiary/aromatic N) is 1. The number of carbonyl (C=O) groups excluding carboxylic acids is 1. The lowest BCUT2D eigenvalue weighted by Gasteiger charge is -2.48. The van der Waals surface area contributed by atoms with Gasteiger partial charge in [0.2, 0.25) is 10.0 Å². The summed E-state index contributed by atoms with van der Waals surface area (Å²) in [6.45, 7) is 0.0568. The van der Waals surface area contributed by atoms with E-state index in [0.717, 1.165) is 18.8 Å². The lowest BCUT2D eigenvalue weighted by molar-refractivity contribution is -0.139. The third-order valence-corrected chi connectivity index (χ3v) is 9.65. The molecule has 0 fully saturated rings. The quantitative estimate of drug-likeness (QED) is 0.0252. The van der Waals surface area contributed by atoms with Crippen molar-refractivity contribution in [1.29, 1.82) is 0 Å². The predicted octanol–water partition coefficient (Wildman–Crippen LogP) is -5.25. The molecule has 42 heavy (non-hydrogen) atoms. The number of nitrogens with two attached hydrogens (primary N) is 1. The fourth-order valence-corrected chi connectivity index (χ4v) is 6.05. The predicted molar refractivity (Wildman–Crippen MR) is 167 cm³/mol. The molecule has 0 saturated heterocycles. The molecular formula is C20H48N8O9S5. The van der Waals surface area contributed by atoms with Crippen molar-refractivity contribution in [3.05, 3.63) is 0 Å². The van der Waals surface area contributed by atoms with Gasteiger partial charge in [0.05, 0.1) is 17.8 Å². The number of hydrazine groups is 1. The van der Waals surface area contributed by atoms with Crippen LogP contribution in [0.2, 0.25) is 0 Å². The SMILES string of the molecule is CS(=O)CCCNC(NCCCS(C)(=O)=O)(NCCS(C)=O)N(NCCNS(C)(=O)=O)C(NCCS(C)(=O)=O)C(N)=O. The van der Waals surface area contributed by atoms with Gasteiger partial charge in [0.25, 0.3) is 5.91 Å². The van der Waals surface area contributed by atoms with Gasteiger partial charge in [-0.2, -0.15) is 5.01 Å². The monoisotopic (exact) mass is 704 g/mol. The zero-order chi connectivity index (χ0) is 32.6. The van der Waals surface area contributed by atoms with Gasteiger partial charge in [0.1, 0.15) is 19.7 Å². The number of hydrogen-bond acceptors (Lipinski definition) is 15. The molecule has 1 amide bonds. The van der Waals surface area contributed by atoms with Crippen molar-refractivity contribution < 1.29 is 38.5 Å². The summed E-state index contributed by atoms with van der Waals surface area (Å²) >= 11 is 0. The van der Waals surface area contributed by atoms with Crippen molar-refractivity contribution in [3.63, 3.8) is 0 Å². The van der Waals surface area contributed by atoms with Gasteiger partial charge in [0.15, 0.2) is 12.1 Å². The summed E-state index contributed by atoms with van der Waals surface area (Å²) in [5.74, 6) is -2.50. The second kappa shape index (κ2) is 19.7. The normalized spacial score (nSPS) is 16.6. The molecule has 0 saturated carbocycles. The fraction of sp³-hybridized carbons (Fsp3) is 0.950. The van der Waals surface area contributed by atoms with Crippen LogP contribution in [-0.2, 0) is 56.1 Å². The summed E-state index contributed by atoms with van der Waals surface area (Å²) in [5.41, 5.74) is 8.70. The van der Waals surface area contributed by atoms with E-state index in [-0.39, 0.29) is 62.9 Å². The molecule has 0 spiro atoms. The Morgan fingerprint density at radius 3 is 1.76 bits per heavy atom. The van der Waals surface area contributed by atoms with Crippen LogP contribution in [0.25, 0.3) is 0 Å². The van der Waals surface area contributed by atoms with Crippen molar-refractivity contribution in [2.45, 2.75) is 24.9 Å². The Balaban J connectivity index is 6.63. The number of carbonyl (C=O) groups is 1. The summed E-state index contributed by atoms with van der Waals surface area (Å²) in [4.78, 5) is 12.8. The number of amides is 1. The number of nitrogens with one attached hydrogen (secondary N) is 6. The Bertz CT molecular complexity index is 1200. The summed E-state index contributed by atoms with van der Waals surface area (Å²) in [7, 11) is -12.6. The minimum atomic E-state index is -3.55. The zero-order valence-corrected chi connectivity index (χ0v) is 28.9. The van der Waals surface area contributed by atoms with Crippen LogP contribution in [-0.4, -0.2) is 150 Å². The molecule has 0 aromatic carbocycles. The molecule has 8 N–H and O–H groups in total. The highest BCUT2D eigenvalue weighted by Crippen LogP contribution is 2.09. The van der Waals surface area contributed by atoms with Crippen LogP contribution in [0.15, 0.2) is 0 Å². The third-order valence-electron chi connectivity index (χ3n) is 5.30. The first-order chi connectivity index (χ1) is 19.2. The molecule has 0 radical (unpaired) electrons. The highest BCUT2D eigenvalue weighted by molar-refractivity contribution is 7.91. The molecule has 0 aliphatic carbocycles. The Labute approximate surface area is 255 Å². The van der Waals surface area contributed by atoms with Crippen LogP contribution in [0, 0.1) is 0 Å². The maximum atomic E-state index is 12.8. The molecule has 0 aromatic rings. The Morgan fingerprint density at radius 1 is 0.762 bits per heavy atom. The summed E-state index contributed by atoms with van der Waals surface area (Å²) < 4.78 is 96.1. The molecule has 0 aliphatic rings. The van der Waals surface area contributed by atoms with Crippen LogP contribution in [0.3, 0.4) is 0 Å². The first-order valence-electron chi connectivity index (χ1n) is 12.9. The minimum absolute atomic E-state index is 0.0700. The highest BCUT2D eigenvalue weighted by Gasteiger charge is 2.42. The van der Waals surface area contributed by atoms with Gasteiger partial charge in [0, 0.05) is 97.4 Å². The number of sulfone groups is 2. The maximum absolute atomic E-state index is 12.8. The summed E-state index contributed by atoms with van der Waals surface area (Å²) in [6, 6.07) is 0. The van der Waals surface area contributed by atoms with Gasteiger partial charge in [-0.15, -0.1) is 0 Å². The maximum Gasteiger partial charge on any atom is 0.251 e. The minimum Gasteiger partial charge on any atom is -0.367 e. The molecule has 0 heterocycles. The summed E-state index contributed by atoms with van der Waals surface area (Å²) in [6.07, 6.45) is 5.32. The van der Waals surface area contributed by atoms with Crippen LogP contribution in [0.1, 0.15) is 12.8 Å². The van der Waals surface area contributed by atoms with Crippen molar-refractivity contribution in [3.8, 4) is 0 Å². The highest BCUT2D eigenvalue weighted by atomic mass is 32.2. The molecule has 0 bridgehead atoms. The van der Waals surface area contributed by atoms with E-state index in [4.69, 9.17) is 5.73 Å². The van der Waals surface area contributed by atoms with Crippen LogP contribution < -0.4 is 37.1 Å². The molecule has 0 rings (SSSR count). The largest absolute Gasteiger partial charge is 0.367 e. The molecule has 0 aromatic heterocycles. The third kappa shape index (κ3) is 21.1. The van der Waals surface area contributed by atoms with E-state index in [1.165, 1.54) is 11.3 Å². The van der Waals surface area contributed by atoms with Gasteiger partial charge in [-0.05, 0) is 12.8 Å². The molecule has 4 unspecified atom stereocenters. The molecule has 22 heteroatoms. The van der Waals surface area contributed by atoms with Gasteiger partial charge in [-0.25, -0.2) is 35.4 Å². The second-order valence-corrected chi connectivity index (χ2v) is 19.2. The van der Waals surface area contributed by atoms with Crippen LogP contribution >= 0.6 is 0 Å². The average Bonchev–Trinajstić information content (AvgIpc) is 2.80. The Hall–Kier alpha value is -0.660. The van der Waals surface area contributed by atoms with Crippen molar-refractivity contribution in [2.75, 3.05) is 93.6 Å². The zero-order valence-electron chi connectivity index (χ0n) is 24.8. The van der Waals surface area contributed by atoms with Gasteiger partial charge in [-0.3, -0.25) is 34.5 Å². The van der Waals surface area contributed by atoms with E-state index in [1.807, 2.05) is 0 Å². The van der Waals surface area contributed by atoms with E-state index >= 15 is 0 Å². The fourth-order valence-electron chi connectivity index (χ4n) is 3.48. The number of primary amides is 1. The number of sulfonamides is 1. The van der Waals surface area contributed by atoms with Gasteiger partial charge >= 0.3 is 0 Å². The first kappa shape index (κ1) is 41.3. The number of rotatable bonds is 26. The second-order valence-electron chi connectivity index (χ2n) is 9.72. The van der Waals surface area contributed by atoms with Gasteiger partial charge < -0.3 is 5.73 Å². The number of hydrogen-bond donors (Lipinski definition) is 7. The van der Waals surface area contributed by atoms with Crippen molar-refractivity contribution >= 4 is 57.2 Å². The molecule has 252 valence electrons. The first-order valence-corrected chi connectivity index (χ1v) is 22.3. The van der Waals surface area contributed by atoms with E-state index in [0.29, 0.717) is 12.2 Å². The van der Waals surface area contributed by atoms with Crippen molar-refractivity contribution in [1.82, 2.24) is 36.4 Å². The Morgan fingerprint density at radius 2 is 1.29 bits per heavy atom. The van der Waals surface area contributed by atoms with Crippen LogP contribution in [0.4, 0.5) is 0 Å². The van der Waals surface area contributed by atoms with E-state index in [9.17, 15) is 38.5 Å². The smallest absolute Gasteiger partial charge is 0.251 e. The van der Waals surface area contributed by atoms with Gasteiger partial charge in [-0.1, -0.05) is 0 Å². The van der Waals surface area contributed by atoms with E-state index < -0.39 is 69.3 Å². The standard InChI is InChI=1S/C20H48N8O9S5/c1-38(30)14-6-8-23-20(25-12-15-39(2)31,24-9-7-16-40(3,32)33)28(26-10-11-27-42(5,36)37)19(18(21)29)22-13-17-41(4,34)35/h19,22-27H,6-17H2,1-5H3,(H2,21,29).